The summed E-state index contributed by atoms with van der Waals surface area (Å²) in [5, 5.41) is 10.2. The second kappa shape index (κ2) is 10.0. The zero-order chi connectivity index (χ0) is 27.7. The highest BCUT2D eigenvalue weighted by Crippen LogP contribution is 2.28. The number of hydrogen-bond donors (Lipinski definition) is 2. The van der Waals surface area contributed by atoms with Crippen molar-refractivity contribution in [1.29, 1.82) is 0 Å². The van der Waals surface area contributed by atoms with Crippen molar-refractivity contribution in [3.63, 3.8) is 0 Å². The van der Waals surface area contributed by atoms with Gasteiger partial charge in [-0.25, -0.2) is 8.91 Å². The molecule has 0 aliphatic carbocycles. The van der Waals surface area contributed by atoms with Crippen LogP contribution in [0.15, 0.2) is 96.1 Å². The summed E-state index contributed by atoms with van der Waals surface area (Å²) < 4.78 is 16.4. The fraction of sp³-hybridized carbons (Fsp3) is 0.133. The van der Waals surface area contributed by atoms with Crippen LogP contribution in [-0.2, 0) is 5.54 Å². The van der Waals surface area contributed by atoms with Gasteiger partial charge >= 0.3 is 0 Å². The van der Waals surface area contributed by atoms with Gasteiger partial charge in [0.25, 0.3) is 17.4 Å². The van der Waals surface area contributed by atoms with E-state index in [1.165, 1.54) is 46.6 Å². The van der Waals surface area contributed by atoms with Crippen LogP contribution in [0.3, 0.4) is 0 Å². The van der Waals surface area contributed by atoms with Crippen molar-refractivity contribution in [3.8, 4) is 16.9 Å². The summed E-state index contributed by atoms with van der Waals surface area (Å²) >= 11 is 0. The van der Waals surface area contributed by atoms with E-state index in [9.17, 15) is 18.8 Å². The van der Waals surface area contributed by atoms with Crippen LogP contribution in [0.25, 0.3) is 22.5 Å². The molecule has 0 saturated carbocycles. The third-order valence-electron chi connectivity index (χ3n) is 6.56. The van der Waals surface area contributed by atoms with E-state index in [2.05, 4.69) is 15.7 Å². The lowest BCUT2D eigenvalue weighted by atomic mass is 9.94. The van der Waals surface area contributed by atoms with E-state index in [1.807, 2.05) is 44.2 Å². The number of hydrogen-bond acceptors (Lipinski definition) is 4. The molecule has 3 heterocycles. The number of benzene rings is 2. The second-order valence-corrected chi connectivity index (χ2v) is 9.60. The van der Waals surface area contributed by atoms with Gasteiger partial charge in [0.05, 0.1) is 27.9 Å². The Morgan fingerprint density at radius 1 is 0.923 bits per heavy atom. The van der Waals surface area contributed by atoms with Gasteiger partial charge in [-0.2, -0.15) is 5.10 Å². The van der Waals surface area contributed by atoms with Crippen molar-refractivity contribution < 1.29 is 14.0 Å². The van der Waals surface area contributed by atoms with E-state index in [1.54, 1.807) is 30.5 Å². The first kappa shape index (κ1) is 25.6. The summed E-state index contributed by atoms with van der Waals surface area (Å²) in [6.45, 7) is 3.81. The molecule has 2 N–H and O–H groups in total. The molecule has 0 aliphatic heterocycles. The van der Waals surface area contributed by atoms with Gasteiger partial charge in [-0.3, -0.25) is 19.0 Å². The minimum absolute atomic E-state index is 0.275. The fourth-order valence-electron chi connectivity index (χ4n) is 4.45. The number of pyridine rings is 2. The van der Waals surface area contributed by atoms with Crippen LogP contribution < -0.4 is 16.2 Å². The number of carbonyl (C=O) groups is 2. The van der Waals surface area contributed by atoms with E-state index < -0.39 is 11.4 Å². The minimum atomic E-state index is -0.644. The molecule has 0 fully saturated rings. The highest BCUT2D eigenvalue weighted by Gasteiger charge is 2.24. The molecule has 0 bridgehead atoms. The Balaban J connectivity index is 1.56. The lowest BCUT2D eigenvalue weighted by molar-refractivity contribution is 0.0910. The number of amides is 2. The first-order valence-electron chi connectivity index (χ1n) is 12.3. The van der Waals surface area contributed by atoms with Gasteiger partial charge < -0.3 is 10.6 Å². The van der Waals surface area contributed by atoms with Gasteiger partial charge in [-0.05, 0) is 61.9 Å². The van der Waals surface area contributed by atoms with E-state index in [0.29, 0.717) is 28.0 Å². The monoisotopic (exact) mass is 523 g/mol. The summed E-state index contributed by atoms with van der Waals surface area (Å²) in [4.78, 5) is 38.9. The maximum Gasteiger partial charge on any atom is 0.255 e. The van der Waals surface area contributed by atoms with Crippen LogP contribution in [0.1, 0.15) is 40.1 Å². The van der Waals surface area contributed by atoms with E-state index in [4.69, 9.17) is 0 Å². The Labute approximate surface area is 223 Å². The third-order valence-corrected chi connectivity index (χ3v) is 6.56. The minimum Gasteiger partial charge on any atom is -0.355 e. The molecule has 0 aliphatic rings. The van der Waals surface area contributed by atoms with Crippen LogP contribution >= 0.6 is 0 Å². The van der Waals surface area contributed by atoms with Crippen LogP contribution in [0.4, 0.5) is 4.39 Å². The normalized spacial score (nSPS) is 11.4. The Hall–Kier alpha value is -5.05. The van der Waals surface area contributed by atoms with Gasteiger partial charge in [0.1, 0.15) is 11.5 Å². The van der Waals surface area contributed by atoms with Crippen LogP contribution in [0.2, 0.25) is 0 Å². The first-order valence-corrected chi connectivity index (χ1v) is 12.3. The molecule has 3 aromatic heterocycles. The van der Waals surface area contributed by atoms with Gasteiger partial charge in [0.15, 0.2) is 0 Å². The third kappa shape index (κ3) is 4.94. The summed E-state index contributed by atoms with van der Waals surface area (Å²) in [5.74, 6) is -1.13. The molecule has 0 saturated heterocycles. The quantitative estimate of drug-likeness (QED) is 0.347. The molecule has 5 rings (SSSR count). The molecule has 2 aromatic carbocycles. The summed E-state index contributed by atoms with van der Waals surface area (Å²) in [6, 6.07) is 21.4. The van der Waals surface area contributed by atoms with Gasteiger partial charge in [0.2, 0.25) is 0 Å². The predicted molar refractivity (Wildman–Crippen MR) is 147 cm³/mol. The van der Waals surface area contributed by atoms with Crippen LogP contribution in [0.5, 0.6) is 0 Å². The zero-order valence-corrected chi connectivity index (χ0v) is 21.6. The van der Waals surface area contributed by atoms with Gasteiger partial charge in [-0.15, -0.1) is 0 Å². The predicted octanol–water partition coefficient (Wildman–Crippen LogP) is 4.32. The topological polar surface area (TPSA) is 97.5 Å². The van der Waals surface area contributed by atoms with Crippen molar-refractivity contribution in [2.45, 2.75) is 19.4 Å². The SMILES string of the molecule is CNC(=O)c1c(-c2ccc(F)cc2)nn2ccc(-n3cc(C(=O)NC(C)(C)c4ccccc4)ccc3=O)cc12. The van der Waals surface area contributed by atoms with Crippen molar-refractivity contribution in [1.82, 2.24) is 24.8 Å². The van der Waals surface area contributed by atoms with E-state index >= 15 is 0 Å². The maximum absolute atomic E-state index is 13.5. The maximum atomic E-state index is 13.5. The van der Waals surface area contributed by atoms with Crippen LogP contribution in [-0.4, -0.2) is 33.0 Å². The Morgan fingerprint density at radius 3 is 2.33 bits per heavy atom. The van der Waals surface area contributed by atoms with Gasteiger partial charge in [0, 0.05) is 31.1 Å². The summed E-state index contributed by atoms with van der Waals surface area (Å²) in [6.07, 6.45) is 3.10. The molecule has 0 atom stereocenters. The Bertz CT molecular complexity index is 1760. The van der Waals surface area contributed by atoms with E-state index in [-0.39, 0.29) is 22.9 Å². The standard InChI is InChI=1S/C30H26FN5O3/c1-30(2,21-7-5-4-6-8-21)33-28(38)20-11-14-25(37)35(18-20)23-15-16-36-24(17-23)26(29(39)32-3)27(34-36)19-9-12-22(31)13-10-19/h4-18H,1-3H3,(H,32,39)(H,33,38). The number of fused-ring (bicyclic) bond motifs is 1. The van der Waals surface area contributed by atoms with Crippen molar-refractivity contribution in [2.24, 2.45) is 0 Å². The van der Waals surface area contributed by atoms with Crippen molar-refractivity contribution in [3.05, 3.63) is 124 Å². The second-order valence-electron chi connectivity index (χ2n) is 9.60. The highest BCUT2D eigenvalue weighted by molar-refractivity contribution is 6.06. The van der Waals surface area contributed by atoms with E-state index in [0.717, 1.165) is 5.56 Å². The first-order chi connectivity index (χ1) is 18.7. The number of carbonyl (C=O) groups excluding carboxylic acids is 2. The molecule has 9 heteroatoms. The molecule has 39 heavy (non-hydrogen) atoms. The smallest absolute Gasteiger partial charge is 0.255 e. The number of aromatic nitrogens is 3. The lowest BCUT2D eigenvalue weighted by Gasteiger charge is -2.27. The van der Waals surface area contributed by atoms with Crippen molar-refractivity contribution >= 4 is 17.3 Å². The zero-order valence-electron chi connectivity index (χ0n) is 21.6. The van der Waals surface area contributed by atoms with Crippen molar-refractivity contribution in [2.75, 3.05) is 7.05 Å². The molecule has 5 aromatic rings. The molecule has 0 unspecified atom stereocenters. The summed E-state index contributed by atoms with van der Waals surface area (Å²) in [7, 11) is 1.51. The fourth-order valence-corrected chi connectivity index (χ4v) is 4.45. The Morgan fingerprint density at radius 2 is 1.64 bits per heavy atom. The number of nitrogens with zero attached hydrogens (tertiary/aromatic N) is 3. The molecular weight excluding hydrogens is 497 g/mol. The molecule has 2 amide bonds. The lowest BCUT2D eigenvalue weighted by Crippen LogP contribution is -2.41. The number of rotatable bonds is 6. The number of nitrogens with one attached hydrogen (secondary N) is 2. The highest BCUT2D eigenvalue weighted by atomic mass is 19.1. The molecule has 0 radical (unpaired) electrons. The summed E-state index contributed by atoms with van der Waals surface area (Å²) in [5.41, 5.74) is 2.35. The molecule has 8 nitrogen and oxygen atoms in total. The largest absolute Gasteiger partial charge is 0.355 e. The molecule has 0 spiro atoms. The Kier molecular flexibility index (Phi) is 6.57. The molecular formula is C30H26FN5O3. The number of halogens is 1. The molecule has 196 valence electrons. The average Bonchev–Trinajstić information content (AvgIpc) is 3.32. The van der Waals surface area contributed by atoms with Gasteiger partial charge in [-0.1, -0.05) is 30.3 Å². The average molecular weight is 524 g/mol. The van der Waals surface area contributed by atoms with Crippen LogP contribution in [0, 0.1) is 5.82 Å².